The van der Waals surface area contributed by atoms with Gasteiger partial charge in [0.1, 0.15) is 0 Å². The molecule has 2 amide bonds. The van der Waals surface area contributed by atoms with Gasteiger partial charge in [0, 0.05) is 6.42 Å². The van der Waals surface area contributed by atoms with E-state index in [0.29, 0.717) is 0 Å². The maximum absolute atomic E-state index is 10.9. The highest BCUT2D eigenvalue weighted by molar-refractivity contribution is 6.07. The largest absolute Gasteiger partial charge is 0.379 e. The number of imide groups is 1. The number of rotatable bonds is 2. The van der Waals surface area contributed by atoms with Crippen LogP contribution in [0.15, 0.2) is 12.7 Å². The predicted octanol–water partition coefficient (Wildman–Crippen LogP) is -0.660. The number of aliphatic hydroxyl groups is 1. The molecule has 0 radical (unpaired) electrons. The topological polar surface area (TPSA) is 66.4 Å². The lowest BCUT2D eigenvalue weighted by Gasteiger charge is -2.14. The number of nitrogens with one attached hydrogen (secondary N) is 1. The monoisotopic (exact) mass is 155 g/mol. The van der Waals surface area contributed by atoms with E-state index in [9.17, 15) is 14.7 Å². The second kappa shape index (κ2) is 2.47. The van der Waals surface area contributed by atoms with Crippen LogP contribution < -0.4 is 5.32 Å². The second-order valence-electron chi connectivity index (χ2n) is 2.58. The fourth-order valence-electron chi connectivity index (χ4n) is 1.04. The Morgan fingerprint density at radius 1 is 1.73 bits per heavy atom. The van der Waals surface area contributed by atoms with Crippen LogP contribution in [-0.4, -0.2) is 22.5 Å². The van der Waals surface area contributed by atoms with E-state index in [4.69, 9.17) is 0 Å². The van der Waals surface area contributed by atoms with Crippen molar-refractivity contribution in [2.24, 2.45) is 0 Å². The molecule has 1 saturated heterocycles. The van der Waals surface area contributed by atoms with Crippen molar-refractivity contribution in [3.63, 3.8) is 0 Å². The normalized spacial score (nSPS) is 30.3. The fourth-order valence-corrected chi connectivity index (χ4v) is 1.04. The van der Waals surface area contributed by atoms with E-state index in [1.165, 1.54) is 6.08 Å². The first-order valence-corrected chi connectivity index (χ1v) is 3.26. The quantitative estimate of drug-likeness (QED) is 0.411. The third-order valence-electron chi connectivity index (χ3n) is 1.61. The lowest BCUT2D eigenvalue weighted by molar-refractivity contribution is -0.134. The van der Waals surface area contributed by atoms with Crippen molar-refractivity contribution in [3.8, 4) is 0 Å². The SMILES string of the molecule is C=CCC1(O)CC(=O)NC1=O. The third-order valence-corrected chi connectivity index (χ3v) is 1.61. The van der Waals surface area contributed by atoms with Gasteiger partial charge >= 0.3 is 0 Å². The van der Waals surface area contributed by atoms with Crippen LogP contribution in [0.5, 0.6) is 0 Å². The van der Waals surface area contributed by atoms with E-state index in [1.807, 2.05) is 5.32 Å². The first-order chi connectivity index (χ1) is 5.08. The molecule has 1 atom stereocenters. The van der Waals surface area contributed by atoms with Gasteiger partial charge in [0.2, 0.25) is 5.91 Å². The van der Waals surface area contributed by atoms with Crippen LogP contribution in [0, 0.1) is 0 Å². The molecule has 1 rings (SSSR count). The van der Waals surface area contributed by atoms with Crippen molar-refractivity contribution >= 4 is 11.8 Å². The van der Waals surface area contributed by atoms with E-state index in [1.54, 1.807) is 0 Å². The third kappa shape index (κ3) is 1.30. The lowest BCUT2D eigenvalue weighted by Crippen LogP contribution is -2.37. The summed E-state index contributed by atoms with van der Waals surface area (Å²) in [7, 11) is 0. The zero-order valence-corrected chi connectivity index (χ0v) is 5.96. The summed E-state index contributed by atoms with van der Waals surface area (Å²) in [4.78, 5) is 21.5. The summed E-state index contributed by atoms with van der Waals surface area (Å²) in [5, 5.41) is 11.4. The first kappa shape index (κ1) is 7.94. The number of hydrogen-bond donors (Lipinski definition) is 2. The minimum absolute atomic E-state index is 0.116. The maximum Gasteiger partial charge on any atom is 0.259 e. The fraction of sp³-hybridized carbons (Fsp3) is 0.429. The summed E-state index contributed by atoms with van der Waals surface area (Å²) >= 11 is 0. The van der Waals surface area contributed by atoms with Crippen molar-refractivity contribution < 1.29 is 14.7 Å². The van der Waals surface area contributed by atoms with Gasteiger partial charge in [-0.05, 0) is 0 Å². The molecule has 0 aromatic rings. The lowest BCUT2D eigenvalue weighted by atomic mass is 9.98. The summed E-state index contributed by atoms with van der Waals surface area (Å²) in [5.74, 6) is -1.05. The molecule has 0 bridgehead atoms. The van der Waals surface area contributed by atoms with Gasteiger partial charge in [0.15, 0.2) is 5.60 Å². The molecular weight excluding hydrogens is 146 g/mol. The van der Waals surface area contributed by atoms with Crippen molar-refractivity contribution in [1.29, 1.82) is 0 Å². The Morgan fingerprint density at radius 3 is 2.73 bits per heavy atom. The van der Waals surface area contributed by atoms with E-state index in [2.05, 4.69) is 6.58 Å². The molecule has 60 valence electrons. The Bertz CT molecular complexity index is 224. The first-order valence-electron chi connectivity index (χ1n) is 3.26. The maximum atomic E-state index is 10.9. The van der Waals surface area contributed by atoms with Gasteiger partial charge in [-0.2, -0.15) is 0 Å². The highest BCUT2D eigenvalue weighted by Crippen LogP contribution is 2.20. The van der Waals surface area contributed by atoms with Crippen LogP contribution in [0.4, 0.5) is 0 Å². The molecule has 2 N–H and O–H groups in total. The zero-order valence-electron chi connectivity index (χ0n) is 5.96. The summed E-state index contributed by atoms with van der Waals surface area (Å²) in [6.07, 6.45) is 1.38. The molecule has 0 aromatic heterocycles. The number of hydrogen-bond acceptors (Lipinski definition) is 3. The standard InChI is InChI=1S/C7H9NO3/c1-2-3-7(11)4-5(9)8-6(7)10/h2,11H,1,3-4H2,(H,8,9,10). The summed E-state index contributed by atoms with van der Waals surface area (Å²) in [6, 6.07) is 0. The molecule has 1 aliphatic heterocycles. The van der Waals surface area contributed by atoms with Gasteiger partial charge in [0.05, 0.1) is 6.42 Å². The highest BCUT2D eigenvalue weighted by Gasteiger charge is 2.43. The summed E-state index contributed by atoms with van der Waals surface area (Å²) < 4.78 is 0. The molecular formula is C7H9NO3. The zero-order chi connectivity index (χ0) is 8.48. The Morgan fingerprint density at radius 2 is 2.36 bits per heavy atom. The number of amides is 2. The van der Waals surface area contributed by atoms with Crippen molar-refractivity contribution in [1.82, 2.24) is 5.32 Å². The van der Waals surface area contributed by atoms with E-state index in [0.717, 1.165) is 0 Å². The average molecular weight is 155 g/mol. The van der Waals surface area contributed by atoms with Crippen LogP contribution in [-0.2, 0) is 9.59 Å². The summed E-state index contributed by atoms with van der Waals surface area (Å²) in [6.45, 7) is 3.38. The average Bonchev–Trinajstić information content (AvgIpc) is 2.08. The summed E-state index contributed by atoms with van der Waals surface area (Å²) in [5.41, 5.74) is -1.54. The molecule has 0 saturated carbocycles. The van der Waals surface area contributed by atoms with Gasteiger partial charge in [-0.3, -0.25) is 14.9 Å². The van der Waals surface area contributed by atoms with Crippen molar-refractivity contribution in [2.75, 3.05) is 0 Å². The molecule has 1 aliphatic rings. The Labute approximate surface area is 63.9 Å². The van der Waals surface area contributed by atoms with Gasteiger partial charge < -0.3 is 5.11 Å². The molecule has 1 unspecified atom stereocenters. The number of carbonyl (C=O) groups excluding carboxylic acids is 2. The Kier molecular flexibility index (Phi) is 1.78. The van der Waals surface area contributed by atoms with Crippen LogP contribution in [0.3, 0.4) is 0 Å². The van der Waals surface area contributed by atoms with Gasteiger partial charge in [-0.25, -0.2) is 0 Å². The van der Waals surface area contributed by atoms with Crippen LogP contribution in [0.2, 0.25) is 0 Å². The minimum Gasteiger partial charge on any atom is -0.379 e. The molecule has 0 spiro atoms. The van der Waals surface area contributed by atoms with Gasteiger partial charge in [-0.15, -0.1) is 6.58 Å². The molecule has 4 heteroatoms. The van der Waals surface area contributed by atoms with Crippen LogP contribution in [0.25, 0.3) is 0 Å². The second-order valence-corrected chi connectivity index (χ2v) is 2.58. The molecule has 0 aromatic carbocycles. The number of carbonyl (C=O) groups is 2. The molecule has 0 aliphatic carbocycles. The highest BCUT2D eigenvalue weighted by atomic mass is 16.3. The Balaban J connectivity index is 2.78. The van der Waals surface area contributed by atoms with Gasteiger partial charge in [-0.1, -0.05) is 6.08 Å². The van der Waals surface area contributed by atoms with Crippen molar-refractivity contribution in [3.05, 3.63) is 12.7 Å². The van der Waals surface area contributed by atoms with Crippen LogP contribution >= 0.6 is 0 Å². The van der Waals surface area contributed by atoms with Gasteiger partial charge in [0.25, 0.3) is 5.91 Å². The Hall–Kier alpha value is -1.16. The predicted molar refractivity (Wildman–Crippen MR) is 37.5 cm³/mol. The molecule has 11 heavy (non-hydrogen) atoms. The smallest absolute Gasteiger partial charge is 0.259 e. The van der Waals surface area contributed by atoms with Crippen LogP contribution in [0.1, 0.15) is 12.8 Å². The van der Waals surface area contributed by atoms with E-state index >= 15 is 0 Å². The minimum atomic E-state index is -1.54. The molecule has 4 nitrogen and oxygen atoms in total. The van der Waals surface area contributed by atoms with E-state index < -0.39 is 17.4 Å². The van der Waals surface area contributed by atoms with Crippen molar-refractivity contribution in [2.45, 2.75) is 18.4 Å². The van der Waals surface area contributed by atoms with E-state index in [-0.39, 0.29) is 12.8 Å². The molecule has 1 fully saturated rings. The molecule has 1 heterocycles.